The molecule has 96 valence electrons. The van der Waals surface area contributed by atoms with E-state index in [0.717, 1.165) is 29.3 Å². The molecule has 2 rings (SSSR count). The summed E-state index contributed by atoms with van der Waals surface area (Å²) in [5, 5.41) is 1.07. The molecule has 0 bridgehead atoms. The fraction of sp³-hybridized carbons (Fsp3) is 0.438. The fourth-order valence-electron chi connectivity index (χ4n) is 2.30. The van der Waals surface area contributed by atoms with E-state index in [4.69, 9.17) is 0 Å². The van der Waals surface area contributed by atoms with Gasteiger partial charge in [-0.2, -0.15) is 0 Å². The Morgan fingerprint density at radius 1 is 1.33 bits per heavy atom. The first-order valence-corrected chi connectivity index (χ1v) is 6.75. The minimum absolute atomic E-state index is 0.253. The standard InChI is InChI=1S/C16H21NO/c1-4-12-6-5-7-13-14(10-17-16(12)13)15(18)9-8-11(2)3/h5-7,10-11,17H,4,8-9H2,1-3H3. The summed E-state index contributed by atoms with van der Waals surface area (Å²) >= 11 is 0. The summed E-state index contributed by atoms with van der Waals surface area (Å²) in [5.74, 6) is 0.827. The zero-order chi connectivity index (χ0) is 13.1. The number of carbonyl (C=O) groups is 1. The Bertz CT molecular complexity index is 551. The lowest BCUT2D eigenvalue weighted by Crippen LogP contribution is -2.00. The van der Waals surface area contributed by atoms with Gasteiger partial charge in [0, 0.05) is 29.1 Å². The van der Waals surface area contributed by atoms with Crippen molar-refractivity contribution >= 4 is 16.7 Å². The van der Waals surface area contributed by atoms with Crippen molar-refractivity contribution in [2.24, 2.45) is 5.92 Å². The molecule has 0 amide bonds. The van der Waals surface area contributed by atoms with Crippen LogP contribution in [0.5, 0.6) is 0 Å². The van der Waals surface area contributed by atoms with Crippen LogP contribution in [0.3, 0.4) is 0 Å². The van der Waals surface area contributed by atoms with Crippen LogP contribution < -0.4 is 0 Å². The Morgan fingerprint density at radius 2 is 2.11 bits per heavy atom. The number of hydrogen-bond donors (Lipinski definition) is 1. The van der Waals surface area contributed by atoms with Gasteiger partial charge >= 0.3 is 0 Å². The highest BCUT2D eigenvalue weighted by atomic mass is 16.1. The van der Waals surface area contributed by atoms with E-state index in [-0.39, 0.29) is 5.78 Å². The van der Waals surface area contributed by atoms with Crippen LogP contribution in [-0.2, 0) is 6.42 Å². The van der Waals surface area contributed by atoms with Gasteiger partial charge in [0.05, 0.1) is 0 Å². The molecule has 0 fully saturated rings. The summed E-state index contributed by atoms with van der Waals surface area (Å²) in [7, 11) is 0. The fourth-order valence-corrected chi connectivity index (χ4v) is 2.30. The lowest BCUT2D eigenvalue weighted by molar-refractivity contribution is 0.0977. The number of rotatable bonds is 5. The Hall–Kier alpha value is -1.57. The molecule has 0 aliphatic rings. The van der Waals surface area contributed by atoms with Crippen molar-refractivity contribution in [2.75, 3.05) is 0 Å². The number of ketones is 1. The molecule has 1 N–H and O–H groups in total. The third-order valence-electron chi connectivity index (χ3n) is 3.43. The van der Waals surface area contributed by atoms with Crippen LogP contribution in [0, 0.1) is 5.92 Å². The lowest BCUT2D eigenvalue weighted by atomic mass is 10.00. The van der Waals surface area contributed by atoms with E-state index in [0.29, 0.717) is 12.3 Å². The smallest absolute Gasteiger partial charge is 0.165 e. The Kier molecular flexibility index (Phi) is 3.85. The van der Waals surface area contributed by atoms with Gasteiger partial charge in [-0.25, -0.2) is 0 Å². The number of carbonyl (C=O) groups excluding carboxylic acids is 1. The maximum absolute atomic E-state index is 12.2. The minimum atomic E-state index is 0.253. The Labute approximate surface area is 108 Å². The molecule has 0 saturated carbocycles. The normalized spacial score (nSPS) is 11.3. The van der Waals surface area contributed by atoms with E-state index >= 15 is 0 Å². The summed E-state index contributed by atoms with van der Waals surface area (Å²) in [6.07, 6.45) is 4.45. The second-order valence-corrected chi connectivity index (χ2v) is 5.25. The van der Waals surface area contributed by atoms with E-state index in [1.165, 1.54) is 5.56 Å². The largest absolute Gasteiger partial charge is 0.360 e. The molecule has 0 radical (unpaired) electrons. The Morgan fingerprint density at radius 3 is 2.78 bits per heavy atom. The zero-order valence-electron chi connectivity index (χ0n) is 11.4. The molecule has 2 nitrogen and oxygen atoms in total. The molecule has 1 aromatic carbocycles. The van der Waals surface area contributed by atoms with Crippen LogP contribution in [0.15, 0.2) is 24.4 Å². The van der Waals surface area contributed by atoms with Crippen LogP contribution in [0.4, 0.5) is 0 Å². The van der Waals surface area contributed by atoms with Gasteiger partial charge in [0.2, 0.25) is 0 Å². The summed E-state index contributed by atoms with van der Waals surface area (Å²) in [6, 6.07) is 6.18. The average Bonchev–Trinajstić information content (AvgIpc) is 2.79. The molecule has 2 aromatic rings. The van der Waals surface area contributed by atoms with Crippen molar-refractivity contribution < 1.29 is 4.79 Å². The van der Waals surface area contributed by atoms with E-state index in [9.17, 15) is 4.79 Å². The molecular weight excluding hydrogens is 222 g/mol. The van der Waals surface area contributed by atoms with Crippen LogP contribution in [-0.4, -0.2) is 10.8 Å². The predicted octanol–water partition coefficient (Wildman–Crippen LogP) is 4.35. The van der Waals surface area contributed by atoms with Gasteiger partial charge in [-0.1, -0.05) is 39.0 Å². The number of Topliss-reactive ketones (excluding diaryl/α,β-unsaturated/α-hetero) is 1. The summed E-state index contributed by atoms with van der Waals surface area (Å²) in [5.41, 5.74) is 3.24. The molecule has 1 heterocycles. The SMILES string of the molecule is CCc1cccc2c(C(=O)CCC(C)C)c[nH]c12. The molecule has 0 aliphatic heterocycles. The van der Waals surface area contributed by atoms with Gasteiger partial charge in [-0.05, 0) is 24.3 Å². The van der Waals surface area contributed by atoms with Crippen molar-refractivity contribution in [3.8, 4) is 0 Å². The zero-order valence-corrected chi connectivity index (χ0v) is 11.4. The molecule has 2 heteroatoms. The Balaban J connectivity index is 2.32. The summed E-state index contributed by atoms with van der Waals surface area (Å²) in [6.45, 7) is 6.44. The van der Waals surface area contributed by atoms with E-state index < -0.39 is 0 Å². The van der Waals surface area contributed by atoms with Crippen molar-refractivity contribution in [1.82, 2.24) is 4.98 Å². The van der Waals surface area contributed by atoms with Gasteiger partial charge in [0.1, 0.15) is 0 Å². The molecule has 18 heavy (non-hydrogen) atoms. The number of hydrogen-bond acceptors (Lipinski definition) is 1. The minimum Gasteiger partial charge on any atom is -0.360 e. The van der Waals surface area contributed by atoms with Crippen LogP contribution in [0.1, 0.15) is 49.5 Å². The number of aryl methyl sites for hydroxylation is 1. The molecule has 0 unspecified atom stereocenters. The number of aromatic nitrogens is 1. The third-order valence-corrected chi connectivity index (χ3v) is 3.43. The highest BCUT2D eigenvalue weighted by Crippen LogP contribution is 2.24. The molecule has 0 aliphatic carbocycles. The number of para-hydroxylation sites is 1. The number of benzene rings is 1. The molecule has 1 aromatic heterocycles. The van der Waals surface area contributed by atoms with Crippen molar-refractivity contribution in [2.45, 2.75) is 40.0 Å². The number of H-pyrrole nitrogens is 1. The number of fused-ring (bicyclic) bond motifs is 1. The van der Waals surface area contributed by atoms with Crippen molar-refractivity contribution in [3.05, 3.63) is 35.5 Å². The average molecular weight is 243 g/mol. The molecule has 0 spiro atoms. The summed E-state index contributed by atoms with van der Waals surface area (Å²) in [4.78, 5) is 15.5. The molecule has 0 atom stereocenters. The molecule has 0 saturated heterocycles. The van der Waals surface area contributed by atoms with Gasteiger partial charge in [-0.15, -0.1) is 0 Å². The lowest BCUT2D eigenvalue weighted by Gasteiger charge is -2.03. The highest BCUT2D eigenvalue weighted by molar-refractivity contribution is 6.08. The van der Waals surface area contributed by atoms with Gasteiger partial charge in [0.25, 0.3) is 0 Å². The van der Waals surface area contributed by atoms with Gasteiger partial charge in [0.15, 0.2) is 5.78 Å². The van der Waals surface area contributed by atoms with Crippen molar-refractivity contribution in [3.63, 3.8) is 0 Å². The third kappa shape index (κ3) is 2.47. The monoisotopic (exact) mass is 243 g/mol. The maximum Gasteiger partial charge on any atom is 0.165 e. The van der Waals surface area contributed by atoms with Crippen LogP contribution >= 0.6 is 0 Å². The van der Waals surface area contributed by atoms with Crippen molar-refractivity contribution in [1.29, 1.82) is 0 Å². The second kappa shape index (κ2) is 5.38. The second-order valence-electron chi connectivity index (χ2n) is 5.25. The topological polar surface area (TPSA) is 32.9 Å². The predicted molar refractivity (Wildman–Crippen MR) is 76.1 cm³/mol. The number of aromatic amines is 1. The van der Waals surface area contributed by atoms with Gasteiger partial charge in [-0.3, -0.25) is 4.79 Å². The van der Waals surface area contributed by atoms with E-state index in [1.54, 1.807) is 0 Å². The van der Waals surface area contributed by atoms with Crippen LogP contribution in [0.2, 0.25) is 0 Å². The first kappa shape index (κ1) is 12.9. The first-order valence-electron chi connectivity index (χ1n) is 6.75. The highest BCUT2D eigenvalue weighted by Gasteiger charge is 2.13. The van der Waals surface area contributed by atoms with E-state index in [1.807, 2.05) is 18.3 Å². The quantitative estimate of drug-likeness (QED) is 0.778. The van der Waals surface area contributed by atoms with Gasteiger partial charge < -0.3 is 4.98 Å². The van der Waals surface area contributed by atoms with Crippen LogP contribution in [0.25, 0.3) is 10.9 Å². The van der Waals surface area contributed by atoms with E-state index in [2.05, 4.69) is 31.8 Å². The summed E-state index contributed by atoms with van der Waals surface area (Å²) < 4.78 is 0. The first-order chi connectivity index (χ1) is 8.63. The maximum atomic E-state index is 12.2. The molecular formula is C16H21NO. The number of nitrogens with one attached hydrogen (secondary N) is 1.